The van der Waals surface area contributed by atoms with Gasteiger partial charge in [0.25, 0.3) is 0 Å². The minimum atomic E-state index is -0.485. The Morgan fingerprint density at radius 1 is 1.32 bits per heavy atom. The van der Waals surface area contributed by atoms with Crippen molar-refractivity contribution in [1.82, 2.24) is 5.32 Å². The SMILES string of the molecule is C[C@@H](N[C@H](C)c1cccc(O)c1)C(=O)OC(C)(C)C. The maximum atomic E-state index is 11.9. The highest BCUT2D eigenvalue weighted by molar-refractivity contribution is 5.75. The maximum absolute atomic E-state index is 11.9. The van der Waals surface area contributed by atoms with Crippen LogP contribution in [0, 0.1) is 0 Å². The summed E-state index contributed by atoms with van der Waals surface area (Å²) in [5.41, 5.74) is 0.441. The van der Waals surface area contributed by atoms with Gasteiger partial charge in [0.2, 0.25) is 0 Å². The number of ether oxygens (including phenoxy) is 1. The van der Waals surface area contributed by atoms with Crippen LogP contribution >= 0.6 is 0 Å². The summed E-state index contributed by atoms with van der Waals surface area (Å²) < 4.78 is 5.31. The van der Waals surface area contributed by atoms with Crippen LogP contribution < -0.4 is 5.32 Å². The van der Waals surface area contributed by atoms with Gasteiger partial charge in [0.1, 0.15) is 17.4 Å². The molecule has 19 heavy (non-hydrogen) atoms. The van der Waals surface area contributed by atoms with Crippen molar-refractivity contribution in [3.8, 4) is 5.75 Å². The van der Waals surface area contributed by atoms with Gasteiger partial charge in [-0.3, -0.25) is 10.1 Å². The Balaban J connectivity index is 2.61. The molecular formula is C15H23NO3. The zero-order valence-corrected chi connectivity index (χ0v) is 12.2. The first kappa shape index (κ1) is 15.5. The lowest BCUT2D eigenvalue weighted by atomic mass is 10.1. The molecule has 0 aliphatic rings. The Kier molecular flexibility index (Phi) is 4.95. The predicted octanol–water partition coefficient (Wildman–Crippen LogP) is 2.77. The zero-order valence-electron chi connectivity index (χ0n) is 12.2. The number of benzene rings is 1. The normalized spacial score (nSPS) is 14.8. The Labute approximate surface area is 114 Å². The molecule has 1 rings (SSSR count). The molecule has 0 saturated heterocycles. The Morgan fingerprint density at radius 3 is 2.47 bits per heavy atom. The van der Waals surface area contributed by atoms with E-state index in [1.807, 2.05) is 33.8 Å². The summed E-state index contributed by atoms with van der Waals surface area (Å²) in [5, 5.41) is 12.6. The number of carbonyl (C=O) groups excluding carboxylic acids is 1. The number of phenols is 1. The van der Waals surface area contributed by atoms with E-state index in [4.69, 9.17) is 4.74 Å². The van der Waals surface area contributed by atoms with Gasteiger partial charge >= 0.3 is 5.97 Å². The molecule has 0 spiro atoms. The Morgan fingerprint density at radius 2 is 1.95 bits per heavy atom. The van der Waals surface area contributed by atoms with Crippen molar-refractivity contribution in [3.05, 3.63) is 29.8 Å². The average Bonchev–Trinajstić information content (AvgIpc) is 2.26. The van der Waals surface area contributed by atoms with E-state index in [9.17, 15) is 9.90 Å². The number of phenolic OH excluding ortho intramolecular Hbond substituents is 1. The predicted molar refractivity (Wildman–Crippen MR) is 75.0 cm³/mol. The molecular weight excluding hydrogens is 242 g/mol. The largest absolute Gasteiger partial charge is 0.508 e. The molecule has 0 saturated carbocycles. The van der Waals surface area contributed by atoms with Crippen LogP contribution in [0.25, 0.3) is 0 Å². The quantitative estimate of drug-likeness (QED) is 0.822. The van der Waals surface area contributed by atoms with Crippen LogP contribution in [-0.2, 0) is 9.53 Å². The molecule has 0 aromatic heterocycles. The first-order valence-electron chi connectivity index (χ1n) is 6.47. The molecule has 0 bridgehead atoms. The van der Waals surface area contributed by atoms with Gasteiger partial charge in [0.05, 0.1) is 0 Å². The van der Waals surface area contributed by atoms with E-state index in [0.29, 0.717) is 0 Å². The molecule has 0 amide bonds. The molecule has 106 valence electrons. The van der Waals surface area contributed by atoms with Crippen LogP contribution in [-0.4, -0.2) is 22.7 Å². The summed E-state index contributed by atoms with van der Waals surface area (Å²) >= 11 is 0. The van der Waals surface area contributed by atoms with Crippen LogP contribution in [0.2, 0.25) is 0 Å². The molecule has 2 atom stereocenters. The molecule has 0 unspecified atom stereocenters. The zero-order chi connectivity index (χ0) is 14.6. The van der Waals surface area contributed by atoms with Crippen molar-refractivity contribution in [3.63, 3.8) is 0 Å². The van der Waals surface area contributed by atoms with Crippen LogP contribution in [0.15, 0.2) is 24.3 Å². The molecule has 0 fully saturated rings. The fourth-order valence-electron chi connectivity index (χ4n) is 1.72. The first-order chi connectivity index (χ1) is 8.69. The standard InChI is InChI=1S/C15H23NO3/c1-10(12-7-6-8-13(17)9-12)16-11(2)14(18)19-15(3,4)5/h6-11,16-17H,1-5H3/t10-,11-/m1/s1. The Hall–Kier alpha value is -1.55. The third-order valence-corrected chi connectivity index (χ3v) is 2.63. The monoisotopic (exact) mass is 265 g/mol. The van der Waals surface area contributed by atoms with Crippen molar-refractivity contribution >= 4 is 5.97 Å². The third kappa shape index (κ3) is 5.30. The van der Waals surface area contributed by atoms with Gasteiger partial charge < -0.3 is 9.84 Å². The van der Waals surface area contributed by atoms with Crippen LogP contribution in [0.1, 0.15) is 46.2 Å². The lowest BCUT2D eigenvalue weighted by Gasteiger charge is -2.24. The average molecular weight is 265 g/mol. The smallest absolute Gasteiger partial charge is 0.323 e. The molecule has 4 heteroatoms. The van der Waals surface area contributed by atoms with E-state index in [1.54, 1.807) is 25.1 Å². The minimum Gasteiger partial charge on any atom is -0.508 e. The van der Waals surface area contributed by atoms with E-state index in [-0.39, 0.29) is 17.8 Å². The molecule has 0 radical (unpaired) electrons. The van der Waals surface area contributed by atoms with Crippen LogP contribution in [0.4, 0.5) is 0 Å². The molecule has 0 aliphatic heterocycles. The van der Waals surface area contributed by atoms with Crippen LogP contribution in [0.5, 0.6) is 5.75 Å². The van der Waals surface area contributed by atoms with E-state index in [2.05, 4.69) is 5.32 Å². The number of carbonyl (C=O) groups is 1. The fraction of sp³-hybridized carbons (Fsp3) is 0.533. The summed E-state index contributed by atoms with van der Waals surface area (Å²) in [4.78, 5) is 11.9. The molecule has 4 nitrogen and oxygen atoms in total. The second-order valence-electron chi connectivity index (χ2n) is 5.74. The summed E-state index contributed by atoms with van der Waals surface area (Å²) in [5.74, 6) is -0.0597. The number of aromatic hydroxyl groups is 1. The number of nitrogens with one attached hydrogen (secondary N) is 1. The highest BCUT2D eigenvalue weighted by Crippen LogP contribution is 2.18. The number of esters is 1. The van der Waals surface area contributed by atoms with Crippen molar-refractivity contribution in [2.24, 2.45) is 0 Å². The van der Waals surface area contributed by atoms with Gasteiger partial charge in [-0.15, -0.1) is 0 Å². The van der Waals surface area contributed by atoms with Gasteiger partial charge in [-0.25, -0.2) is 0 Å². The summed E-state index contributed by atoms with van der Waals surface area (Å²) in [7, 11) is 0. The molecule has 0 aliphatic carbocycles. The van der Waals surface area contributed by atoms with E-state index < -0.39 is 11.6 Å². The summed E-state index contributed by atoms with van der Waals surface area (Å²) in [6.45, 7) is 9.24. The molecule has 0 heterocycles. The van der Waals surface area contributed by atoms with Gasteiger partial charge in [-0.1, -0.05) is 12.1 Å². The fourth-order valence-corrected chi connectivity index (χ4v) is 1.72. The lowest BCUT2D eigenvalue weighted by Crippen LogP contribution is -2.40. The van der Waals surface area contributed by atoms with Crippen molar-refractivity contribution in [2.75, 3.05) is 0 Å². The number of hydrogen-bond acceptors (Lipinski definition) is 4. The number of rotatable bonds is 4. The van der Waals surface area contributed by atoms with Crippen molar-refractivity contribution in [1.29, 1.82) is 0 Å². The van der Waals surface area contributed by atoms with Crippen LogP contribution in [0.3, 0.4) is 0 Å². The third-order valence-electron chi connectivity index (χ3n) is 2.63. The Bertz CT molecular complexity index is 437. The molecule has 2 N–H and O–H groups in total. The van der Waals surface area contributed by atoms with Gasteiger partial charge in [-0.05, 0) is 52.3 Å². The summed E-state index contributed by atoms with van der Waals surface area (Å²) in [6.07, 6.45) is 0. The lowest BCUT2D eigenvalue weighted by molar-refractivity contribution is -0.157. The van der Waals surface area contributed by atoms with Crippen molar-refractivity contribution < 1.29 is 14.6 Å². The highest BCUT2D eigenvalue weighted by Gasteiger charge is 2.23. The van der Waals surface area contributed by atoms with E-state index in [0.717, 1.165) is 5.56 Å². The highest BCUT2D eigenvalue weighted by atomic mass is 16.6. The van der Waals surface area contributed by atoms with E-state index >= 15 is 0 Å². The van der Waals surface area contributed by atoms with Gasteiger partial charge in [-0.2, -0.15) is 0 Å². The second-order valence-corrected chi connectivity index (χ2v) is 5.74. The van der Waals surface area contributed by atoms with Gasteiger partial charge in [0, 0.05) is 6.04 Å². The molecule has 1 aromatic carbocycles. The second kappa shape index (κ2) is 6.06. The minimum absolute atomic E-state index is 0.0466. The van der Waals surface area contributed by atoms with Crippen molar-refractivity contribution in [2.45, 2.75) is 52.3 Å². The van der Waals surface area contributed by atoms with Gasteiger partial charge in [0.15, 0.2) is 0 Å². The number of hydrogen-bond donors (Lipinski definition) is 2. The van der Waals surface area contributed by atoms with E-state index in [1.165, 1.54) is 0 Å². The summed E-state index contributed by atoms with van der Waals surface area (Å²) in [6, 6.07) is 6.53. The topological polar surface area (TPSA) is 58.6 Å². The maximum Gasteiger partial charge on any atom is 0.323 e. The first-order valence-corrected chi connectivity index (χ1v) is 6.47. The molecule has 1 aromatic rings.